The fraction of sp³-hybridized carbons (Fsp3) is 0.704. The molecule has 2 unspecified atom stereocenters. The van der Waals surface area contributed by atoms with E-state index in [1.165, 1.54) is 17.5 Å². The van der Waals surface area contributed by atoms with Crippen LogP contribution >= 0.6 is 0 Å². The number of ketones is 2. The number of hydrogen-bond donors (Lipinski definition) is 0. The third kappa shape index (κ3) is 5.38. The van der Waals surface area contributed by atoms with E-state index in [1.54, 1.807) is 0 Å². The Labute approximate surface area is 177 Å². The first-order valence-electron chi connectivity index (χ1n) is 11.7. The van der Waals surface area contributed by atoms with Crippen molar-refractivity contribution in [3.05, 3.63) is 35.4 Å². The standard InChI is InChI=1S/C27H40O2/c1-18(2)13-19-9-7-10-20(14-19)16-26(3,4)25(29)23-15-22(23)17-27(5,6)24(28)21-11-8-12-21/h7,9-10,14,18,21-23H,8,11-13,15-17H2,1-6H3. The van der Waals surface area contributed by atoms with Crippen LogP contribution in [-0.4, -0.2) is 11.6 Å². The van der Waals surface area contributed by atoms with E-state index in [9.17, 15) is 9.59 Å². The molecule has 0 heterocycles. The van der Waals surface area contributed by atoms with Gasteiger partial charge in [-0.2, -0.15) is 0 Å². The van der Waals surface area contributed by atoms with E-state index in [-0.39, 0.29) is 22.7 Å². The maximum absolute atomic E-state index is 13.3. The van der Waals surface area contributed by atoms with Crippen LogP contribution in [0.3, 0.4) is 0 Å². The van der Waals surface area contributed by atoms with Crippen LogP contribution in [0.4, 0.5) is 0 Å². The van der Waals surface area contributed by atoms with Crippen molar-refractivity contribution in [2.24, 2.45) is 34.5 Å². The Bertz CT molecular complexity index is 752. The predicted octanol–water partition coefficient (Wildman–Crippen LogP) is 6.44. The van der Waals surface area contributed by atoms with Gasteiger partial charge < -0.3 is 0 Å². The van der Waals surface area contributed by atoms with Crippen molar-refractivity contribution in [3.63, 3.8) is 0 Å². The van der Waals surface area contributed by atoms with Crippen LogP contribution in [0.1, 0.15) is 84.8 Å². The van der Waals surface area contributed by atoms with Crippen LogP contribution in [0.5, 0.6) is 0 Å². The molecule has 0 amide bonds. The fourth-order valence-electron chi connectivity index (χ4n) is 5.21. The largest absolute Gasteiger partial charge is 0.299 e. The van der Waals surface area contributed by atoms with Gasteiger partial charge in [0.1, 0.15) is 11.6 Å². The number of carbonyl (C=O) groups excluding carboxylic acids is 2. The highest BCUT2D eigenvalue weighted by atomic mass is 16.1. The van der Waals surface area contributed by atoms with Gasteiger partial charge in [-0.05, 0) is 61.5 Å². The maximum atomic E-state index is 13.3. The quantitative estimate of drug-likeness (QED) is 0.456. The van der Waals surface area contributed by atoms with Crippen LogP contribution in [0.15, 0.2) is 24.3 Å². The van der Waals surface area contributed by atoms with Gasteiger partial charge in [-0.25, -0.2) is 0 Å². The number of carbonyl (C=O) groups is 2. The summed E-state index contributed by atoms with van der Waals surface area (Å²) >= 11 is 0. The van der Waals surface area contributed by atoms with Crippen molar-refractivity contribution in [1.29, 1.82) is 0 Å². The Kier molecular flexibility index (Phi) is 6.41. The lowest BCUT2D eigenvalue weighted by molar-refractivity contribution is -0.135. The van der Waals surface area contributed by atoms with Gasteiger partial charge in [0, 0.05) is 22.7 Å². The first-order valence-corrected chi connectivity index (χ1v) is 11.7. The van der Waals surface area contributed by atoms with E-state index >= 15 is 0 Å². The van der Waals surface area contributed by atoms with E-state index < -0.39 is 0 Å². The van der Waals surface area contributed by atoms with Crippen molar-refractivity contribution in [2.75, 3.05) is 0 Å². The van der Waals surface area contributed by atoms with Crippen molar-refractivity contribution in [2.45, 2.75) is 86.5 Å². The molecule has 2 heteroatoms. The number of benzene rings is 1. The van der Waals surface area contributed by atoms with Gasteiger partial charge in [0.15, 0.2) is 0 Å². The minimum absolute atomic E-state index is 0.150. The van der Waals surface area contributed by atoms with Gasteiger partial charge in [-0.15, -0.1) is 0 Å². The zero-order chi connectivity index (χ0) is 21.4. The van der Waals surface area contributed by atoms with E-state index in [0.717, 1.165) is 38.5 Å². The summed E-state index contributed by atoms with van der Waals surface area (Å²) < 4.78 is 0. The summed E-state index contributed by atoms with van der Waals surface area (Å²) in [4.78, 5) is 26.0. The normalized spacial score (nSPS) is 22.4. The van der Waals surface area contributed by atoms with E-state index in [0.29, 0.717) is 23.4 Å². The van der Waals surface area contributed by atoms with Gasteiger partial charge in [-0.3, -0.25) is 9.59 Å². The number of rotatable bonds is 10. The predicted molar refractivity (Wildman–Crippen MR) is 120 cm³/mol. The van der Waals surface area contributed by atoms with Gasteiger partial charge in [0.2, 0.25) is 0 Å². The summed E-state index contributed by atoms with van der Waals surface area (Å²) in [5.74, 6) is 2.29. The Morgan fingerprint density at radius 2 is 1.66 bits per heavy atom. The molecule has 2 saturated carbocycles. The van der Waals surface area contributed by atoms with Crippen LogP contribution in [-0.2, 0) is 22.4 Å². The summed E-state index contributed by atoms with van der Waals surface area (Å²) in [5, 5.41) is 0. The van der Waals surface area contributed by atoms with Gasteiger partial charge in [0.05, 0.1) is 0 Å². The first-order chi connectivity index (χ1) is 13.5. The average Bonchev–Trinajstić information content (AvgIpc) is 3.29. The van der Waals surface area contributed by atoms with Crippen LogP contribution in [0.25, 0.3) is 0 Å². The molecule has 0 N–H and O–H groups in total. The molecule has 160 valence electrons. The highest BCUT2D eigenvalue weighted by Crippen LogP contribution is 2.51. The third-order valence-electron chi connectivity index (χ3n) is 7.12. The molecular weight excluding hydrogens is 356 g/mol. The Morgan fingerprint density at radius 3 is 2.24 bits per heavy atom. The van der Waals surface area contributed by atoms with Crippen molar-refractivity contribution < 1.29 is 9.59 Å². The highest BCUT2D eigenvalue weighted by molar-refractivity contribution is 5.90. The molecule has 2 aliphatic carbocycles. The second-order valence-corrected chi connectivity index (χ2v) is 11.5. The lowest BCUT2D eigenvalue weighted by atomic mass is 9.70. The summed E-state index contributed by atoms with van der Waals surface area (Å²) in [6, 6.07) is 8.75. The summed E-state index contributed by atoms with van der Waals surface area (Å²) in [6.07, 6.45) is 7.05. The second kappa shape index (κ2) is 8.36. The Hall–Kier alpha value is -1.44. The minimum Gasteiger partial charge on any atom is -0.299 e. The SMILES string of the molecule is CC(C)Cc1cccc(CC(C)(C)C(=O)C2CC2CC(C)(C)C(=O)C2CCC2)c1. The van der Waals surface area contributed by atoms with Crippen molar-refractivity contribution in [1.82, 2.24) is 0 Å². The molecule has 29 heavy (non-hydrogen) atoms. The molecule has 0 spiro atoms. The van der Waals surface area contributed by atoms with Gasteiger partial charge in [-0.1, -0.05) is 72.2 Å². The maximum Gasteiger partial charge on any atom is 0.142 e. The molecule has 2 aliphatic rings. The fourth-order valence-corrected chi connectivity index (χ4v) is 5.21. The van der Waals surface area contributed by atoms with E-state index in [4.69, 9.17) is 0 Å². The Balaban J connectivity index is 1.58. The molecule has 0 bridgehead atoms. The van der Waals surface area contributed by atoms with Crippen molar-refractivity contribution >= 4 is 11.6 Å². The monoisotopic (exact) mass is 396 g/mol. The van der Waals surface area contributed by atoms with E-state index in [2.05, 4.69) is 65.8 Å². The molecule has 0 aliphatic heterocycles. The van der Waals surface area contributed by atoms with Gasteiger partial charge in [0.25, 0.3) is 0 Å². The molecule has 1 aromatic carbocycles. The highest BCUT2D eigenvalue weighted by Gasteiger charge is 2.51. The van der Waals surface area contributed by atoms with Crippen molar-refractivity contribution in [3.8, 4) is 0 Å². The molecule has 0 aromatic heterocycles. The zero-order valence-corrected chi connectivity index (χ0v) is 19.4. The number of Topliss-reactive ketones (excluding diaryl/α,β-unsaturated/α-hetero) is 2. The van der Waals surface area contributed by atoms with Crippen LogP contribution in [0, 0.1) is 34.5 Å². The molecular formula is C27H40O2. The average molecular weight is 397 g/mol. The molecule has 0 radical (unpaired) electrons. The topological polar surface area (TPSA) is 34.1 Å². The van der Waals surface area contributed by atoms with Gasteiger partial charge >= 0.3 is 0 Å². The minimum atomic E-state index is -0.349. The summed E-state index contributed by atoms with van der Waals surface area (Å²) in [7, 11) is 0. The third-order valence-corrected chi connectivity index (χ3v) is 7.12. The lowest BCUT2D eigenvalue weighted by Crippen LogP contribution is -2.35. The number of hydrogen-bond acceptors (Lipinski definition) is 2. The molecule has 2 atom stereocenters. The van der Waals surface area contributed by atoms with Crippen LogP contribution < -0.4 is 0 Å². The summed E-state index contributed by atoms with van der Waals surface area (Å²) in [5.41, 5.74) is 2.00. The second-order valence-electron chi connectivity index (χ2n) is 11.5. The Morgan fingerprint density at radius 1 is 1.00 bits per heavy atom. The summed E-state index contributed by atoms with van der Waals surface area (Å²) in [6.45, 7) is 12.9. The van der Waals surface area contributed by atoms with Crippen LogP contribution in [0.2, 0.25) is 0 Å². The molecule has 0 saturated heterocycles. The molecule has 2 nitrogen and oxygen atoms in total. The molecule has 2 fully saturated rings. The molecule has 1 aromatic rings. The smallest absolute Gasteiger partial charge is 0.142 e. The van der Waals surface area contributed by atoms with E-state index in [1.807, 2.05) is 0 Å². The lowest BCUT2D eigenvalue weighted by Gasteiger charge is -2.33. The zero-order valence-electron chi connectivity index (χ0n) is 19.4. The molecule has 3 rings (SSSR count). The first kappa shape index (κ1) is 22.2.